The summed E-state index contributed by atoms with van der Waals surface area (Å²) in [5.41, 5.74) is 7.17. The highest BCUT2D eigenvalue weighted by molar-refractivity contribution is 6.08. The molecule has 0 radical (unpaired) electrons. The van der Waals surface area contributed by atoms with Crippen LogP contribution in [0.25, 0.3) is 0 Å². The molecule has 0 bridgehead atoms. The predicted octanol–water partition coefficient (Wildman–Crippen LogP) is 5.78. The van der Waals surface area contributed by atoms with Crippen LogP contribution >= 0.6 is 0 Å². The summed E-state index contributed by atoms with van der Waals surface area (Å²) in [6.07, 6.45) is -0.340. The third-order valence-corrected chi connectivity index (χ3v) is 5.36. The SMILES string of the molecule is Cc1cc(C)c(C2=NO[C@@H](c3ccccc3)[C@@H]2c2cccc([N+](=O)[O-])c2)c(C)c1. The minimum absolute atomic E-state index is 0.0675. The molecular formula is C24H22N2O3. The van der Waals surface area contributed by atoms with E-state index in [9.17, 15) is 10.1 Å². The largest absolute Gasteiger partial charge is 0.386 e. The fourth-order valence-electron chi connectivity index (χ4n) is 4.22. The molecule has 1 heterocycles. The molecule has 0 spiro atoms. The lowest BCUT2D eigenvalue weighted by Gasteiger charge is -2.21. The van der Waals surface area contributed by atoms with Crippen LogP contribution < -0.4 is 0 Å². The zero-order valence-electron chi connectivity index (χ0n) is 16.6. The lowest BCUT2D eigenvalue weighted by Crippen LogP contribution is -2.18. The zero-order valence-corrected chi connectivity index (χ0v) is 16.6. The molecule has 0 fully saturated rings. The molecule has 3 aromatic rings. The van der Waals surface area contributed by atoms with E-state index < -0.39 is 0 Å². The van der Waals surface area contributed by atoms with Crippen molar-refractivity contribution in [3.8, 4) is 0 Å². The van der Waals surface area contributed by atoms with Gasteiger partial charge in [0.15, 0.2) is 6.10 Å². The Morgan fingerprint density at radius 1 is 0.897 bits per heavy atom. The molecule has 2 atom stereocenters. The molecule has 0 aliphatic carbocycles. The Bertz CT molecular complexity index is 1080. The van der Waals surface area contributed by atoms with E-state index in [-0.39, 0.29) is 22.6 Å². The van der Waals surface area contributed by atoms with Crippen LogP contribution in [-0.4, -0.2) is 10.6 Å². The Balaban J connectivity index is 1.88. The molecule has 5 nitrogen and oxygen atoms in total. The van der Waals surface area contributed by atoms with Gasteiger partial charge in [-0.3, -0.25) is 10.1 Å². The van der Waals surface area contributed by atoms with Gasteiger partial charge in [-0.15, -0.1) is 0 Å². The van der Waals surface area contributed by atoms with E-state index in [0.717, 1.165) is 33.5 Å². The molecule has 29 heavy (non-hydrogen) atoms. The van der Waals surface area contributed by atoms with Crippen molar-refractivity contribution >= 4 is 11.4 Å². The Labute approximate surface area is 169 Å². The summed E-state index contributed by atoms with van der Waals surface area (Å²) in [4.78, 5) is 16.9. The van der Waals surface area contributed by atoms with Crippen molar-refractivity contribution in [2.75, 3.05) is 0 Å². The molecule has 3 aromatic carbocycles. The van der Waals surface area contributed by atoms with Crippen LogP contribution in [0, 0.1) is 30.9 Å². The van der Waals surface area contributed by atoms with Crippen LogP contribution in [0.5, 0.6) is 0 Å². The lowest BCUT2D eigenvalue weighted by atomic mass is 9.81. The predicted molar refractivity (Wildman–Crippen MR) is 113 cm³/mol. The monoisotopic (exact) mass is 386 g/mol. The number of nitro benzene ring substituents is 1. The van der Waals surface area contributed by atoms with E-state index in [0.29, 0.717) is 0 Å². The van der Waals surface area contributed by atoms with Crippen molar-refractivity contribution < 1.29 is 9.76 Å². The van der Waals surface area contributed by atoms with Crippen LogP contribution in [0.2, 0.25) is 0 Å². The fraction of sp³-hybridized carbons (Fsp3) is 0.208. The standard InChI is InChI=1S/C24H22N2O3/c1-15-12-16(2)21(17(3)13-15)23-22(19-10-7-11-20(14-19)26(27)28)24(29-25-23)18-8-5-4-6-9-18/h4-14,22,24H,1-3H3/t22-,24+/m1/s1. The van der Waals surface area contributed by atoms with Gasteiger partial charge in [0.2, 0.25) is 0 Å². The smallest absolute Gasteiger partial charge is 0.269 e. The highest BCUT2D eigenvalue weighted by Gasteiger charge is 2.39. The number of nitrogens with zero attached hydrogens (tertiary/aromatic N) is 2. The summed E-state index contributed by atoms with van der Waals surface area (Å²) < 4.78 is 0. The number of aryl methyl sites for hydroxylation is 3. The van der Waals surface area contributed by atoms with E-state index in [4.69, 9.17) is 4.84 Å². The highest BCUT2D eigenvalue weighted by Crippen LogP contribution is 2.43. The van der Waals surface area contributed by atoms with Gasteiger partial charge in [-0.1, -0.05) is 65.3 Å². The number of oxime groups is 1. The number of benzene rings is 3. The average Bonchev–Trinajstić information content (AvgIpc) is 3.12. The van der Waals surface area contributed by atoms with Crippen molar-refractivity contribution in [1.82, 2.24) is 0 Å². The van der Waals surface area contributed by atoms with Gasteiger partial charge in [0.05, 0.1) is 16.6 Å². The normalized spacial score (nSPS) is 18.2. The maximum absolute atomic E-state index is 11.4. The number of hydrogen-bond donors (Lipinski definition) is 0. The van der Waals surface area contributed by atoms with E-state index in [1.165, 1.54) is 11.6 Å². The summed E-state index contributed by atoms with van der Waals surface area (Å²) in [6, 6.07) is 20.9. The van der Waals surface area contributed by atoms with Crippen LogP contribution in [0.1, 0.15) is 45.4 Å². The topological polar surface area (TPSA) is 64.7 Å². The summed E-state index contributed by atoms with van der Waals surface area (Å²) in [5.74, 6) is -0.239. The quantitative estimate of drug-likeness (QED) is 0.422. The van der Waals surface area contributed by atoms with Crippen LogP contribution in [0.15, 0.2) is 71.9 Å². The molecule has 1 aliphatic heterocycles. The van der Waals surface area contributed by atoms with Crippen molar-refractivity contribution in [1.29, 1.82) is 0 Å². The first kappa shape index (κ1) is 18.9. The molecular weight excluding hydrogens is 364 g/mol. The highest BCUT2D eigenvalue weighted by atomic mass is 16.6. The molecule has 0 unspecified atom stereocenters. The molecule has 146 valence electrons. The first-order valence-corrected chi connectivity index (χ1v) is 9.57. The van der Waals surface area contributed by atoms with Crippen LogP contribution in [0.4, 0.5) is 5.69 Å². The first-order valence-electron chi connectivity index (χ1n) is 9.57. The third kappa shape index (κ3) is 3.51. The Kier molecular flexibility index (Phi) is 4.89. The fourth-order valence-corrected chi connectivity index (χ4v) is 4.22. The van der Waals surface area contributed by atoms with Crippen molar-refractivity contribution in [3.05, 3.63) is 110 Å². The minimum Gasteiger partial charge on any atom is -0.386 e. The van der Waals surface area contributed by atoms with E-state index in [1.807, 2.05) is 36.4 Å². The van der Waals surface area contributed by atoms with E-state index in [2.05, 4.69) is 38.1 Å². The van der Waals surface area contributed by atoms with Crippen molar-refractivity contribution in [3.63, 3.8) is 0 Å². The number of rotatable bonds is 4. The molecule has 0 amide bonds. The maximum atomic E-state index is 11.4. The second-order valence-corrected chi connectivity index (χ2v) is 7.52. The van der Waals surface area contributed by atoms with E-state index >= 15 is 0 Å². The van der Waals surface area contributed by atoms with Gasteiger partial charge in [0.25, 0.3) is 5.69 Å². The van der Waals surface area contributed by atoms with Gasteiger partial charge in [-0.05, 0) is 43.0 Å². The Morgan fingerprint density at radius 3 is 2.21 bits per heavy atom. The molecule has 0 aromatic heterocycles. The second kappa shape index (κ2) is 7.51. The Hall–Kier alpha value is -3.47. The number of non-ortho nitro benzene ring substituents is 1. The van der Waals surface area contributed by atoms with Gasteiger partial charge < -0.3 is 4.84 Å². The van der Waals surface area contributed by atoms with Gasteiger partial charge in [0, 0.05) is 17.7 Å². The van der Waals surface area contributed by atoms with Crippen molar-refractivity contribution in [2.24, 2.45) is 5.16 Å². The van der Waals surface area contributed by atoms with Gasteiger partial charge in [0.1, 0.15) is 0 Å². The van der Waals surface area contributed by atoms with E-state index in [1.54, 1.807) is 12.1 Å². The van der Waals surface area contributed by atoms with Crippen LogP contribution in [0.3, 0.4) is 0 Å². The maximum Gasteiger partial charge on any atom is 0.269 e. The summed E-state index contributed by atoms with van der Waals surface area (Å²) >= 11 is 0. The first-order chi connectivity index (χ1) is 14.0. The van der Waals surface area contributed by atoms with Gasteiger partial charge in [-0.25, -0.2) is 0 Å². The zero-order chi connectivity index (χ0) is 20.5. The third-order valence-electron chi connectivity index (χ3n) is 5.36. The summed E-state index contributed by atoms with van der Waals surface area (Å²) in [5, 5.41) is 15.9. The Morgan fingerprint density at radius 2 is 1.55 bits per heavy atom. The lowest BCUT2D eigenvalue weighted by molar-refractivity contribution is -0.384. The molecule has 1 aliphatic rings. The molecule has 4 rings (SSSR count). The minimum atomic E-state index is -0.365. The van der Waals surface area contributed by atoms with Gasteiger partial charge >= 0.3 is 0 Å². The summed E-state index contributed by atoms with van der Waals surface area (Å²) in [6.45, 7) is 6.21. The summed E-state index contributed by atoms with van der Waals surface area (Å²) in [7, 11) is 0. The number of hydrogen-bond acceptors (Lipinski definition) is 4. The van der Waals surface area contributed by atoms with Crippen molar-refractivity contribution in [2.45, 2.75) is 32.8 Å². The average molecular weight is 386 g/mol. The van der Waals surface area contributed by atoms with Gasteiger partial charge in [-0.2, -0.15) is 0 Å². The molecule has 0 saturated carbocycles. The second-order valence-electron chi connectivity index (χ2n) is 7.52. The number of nitro groups is 1. The molecule has 0 N–H and O–H groups in total. The van der Waals surface area contributed by atoms with Crippen LogP contribution in [-0.2, 0) is 4.84 Å². The molecule has 5 heteroatoms. The molecule has 0 saturated heterocycles.